The van der Waals surface area contributed by atoms with Crippen molar-refractivity contribution in [3.05, 3.63) is 34.3 Å². The van der Waals surface area contributed by atoms with E-state index in [0.717, 1.165) is 10.0 Å². The van der Waals surface area contributed by atoms with E-state index in [1.165, 1.54) is 4.90 Å². The number of benzene rings is 1. The third-order valence-electron chi connectivity index (χ3n) is 2.67. The van der Waals surface area contributed by atoms with Crippen molar-refractivity contribution in [2.45, 2.75) is 19.0 Å². The number of aliphatic hydroxyl groups excluding tert-OH is 1. The number of carboxylic acids is 1. The van der Waals surface area contributed by atoms with E-state index < -0.39 is 18.0 Å². The lowest BCUT2D eigenvalue weighted by molar-refractivity contribution is -0.139. The highest BCUT2D eigenvalue weighted by atomic mass is 79.9. The van der Waals surface area contributed by atoms with Gasteiger partial charge in [-0.3, -0.25) is 0 Å². The van der Waals surface area contributed by atoms with Gasteiger partial charge in [-0.2, -0.15) is 0 Å². The van der Waals surface area contributed by atoms with Crippen molar-refractivity contribution in [1.29, 1.82) is 0 Å². The molecule has 0 aliphatic heterocycles. The molecule has 0 aromatic heterocycles. The van der Waals surface area contributed by atoms with Gasteiger partial charge in [-0.25, -0.2) is 9.59 Å². The Kier molecular flexibility index (Phi) is 6.47. The van der Waals surface area contributed by atoms with Gasteiger partial charge in [-0.1, -0.05) is 28.1 Å². The van der Waals surface area contributed by atoms with E-state index in [1.807, 2.05) is 24.3 Å². The number of carbonyl (C=O) groups is 2. The maximum atomic E-state index is 11.9. The number of carboxylic acid groups (broad SMARTS) is 1. The molecule has 0 saturated heterocycles. The molecule has 20 heavy (non-hydrogen) atoms. The summed E-state index contributed by atoms with van der Waals surface area (Å²) in [5.41, 5.74) is 0.922. The summed E-state index contributed by atoms with van der Waals surface area (Å²) in [6.45, 7) is 0.0589. The second-order valence-corrected chi connectivity index (χ2v) is 5.25. The molecule has 0 spiro atoms. The Bertz CT molecular complexity index is 481. The quantitative estimate of drug-likeness (QED) is 0.728. The summed E-state index contributed by atoms with van der Waals surface area (Å²) in [6.07, 6.45) is -0.0220. The van der Waals surface area contributed by atoms with Crippen LogP contribution in [-0.4, -0.2) is 46.8 Å². The van der Waals surface area contributed by atoms with Crippen LogP contribution in [0.1, 0.15) is 12.0 Å². The minimum Gasteiger partial charge on any atom is -0.480 e. The van der Waals surface area contributed by atoms with Gasteiger partial charge in [0, 0.05) is 31.1 Å². The monoisotopic (exact) mass is 344 g/mol. The molecule has 2 amide bonds. The summed E-state index contributed by atoms with van der Waals surface area (Å²) in [7, 11) is 1.58. The number of nitrogens with one attached hydrogen (secondary N) is 1. The summed E-state index contributed by atoms with van der Waals surface area (Å²) in [5.74, 6) is -1.16. The number of amides is 2. The predicted molar refractivity (Wildman–Crippen MR) is 77.3 cm³/mol. The maximum absolute atomic E-state index is 11.9. The number of hydrogen-bond acceptors (Lipinski definition) is 3. The standard InChI is InChI=1S/C13H17BrN2O4/c1-16(8-9-3-2-4-10(14)7-9)13(20)15-11(5-6-17)12(18)19/h2-4,7,11,17H,5-6,8H2,1H3,(H,15,20)(H,18,19). The molecule has 0 saturated carbocycles. The second-order valence-electron chi connectivity index (χ2n) is 4.34. The van der Waals surface area contributed by atoms with E-state index in [1.54, 1.807) is 7.05 Å². The van der Waals surface area contributed by atoms with Gasteiger partial charge < -0.3 is 20.4 Å². The van der Waals surface area contributed by atoms with Gasteiger partial charge in [0.1, 0.15) is 6.04 Å². The van der Waals surface area contributed by atoms with Gasteiger partial charge in [0.15, 0.2) is 0 Å². The minimum atomic E-state index is -1.16. The van der Waals surface area contributed by atoms with E-state index >= 15 is 0 Å². The van der Waals surface area contributed by atoms with Crippen LogP contribution in [-0.2, 0) is 11.3 Å². The molecule has 1 aromatic carbocycles. The lowest BCUT2D eigenvalue weighted by Gasteiger charge is -2.21. The van der Waals surface area contributed by atoms with Crippen molar-refractivity contribution >= 4 is 27.9 Å². The van der Waals surface area contributed by atoms with Crippen LogP contribution in [0, 0.1) is 0 Å². The van der Waals surface area contributed by atoms with Gasteiger partial charge >= 0.3 is 12.0 Å². The molecular weight excluding hydrogens is 328 g/mol. The number of aliphatic carboxylic acids is 1. The average Bonchev–Trinajstić information content (AvgIpc) is 2.37. The number of nitrogens with zero attached hydrogens (tertiary/aromatic N) is 1. The van der Waals surface area contributed by atoms with Crippen molar-refractivity contribution in [2.75, 3.05) is 13.7 Å². The fraction of sp³-hybridized carbons (Fsp3) is 0.385. The molecule has 3 N–H and O–H groups in total. The molecule has 1 aromatic rings. The van der Waals surface area contributed by atoms with Gasteiger partial charge in [0.2, 0.25) is 0 Å². The number of urea groups is 1. The Balaban J connectivity index is 2.60. The largest absolute Gasteiger partial charge is 0.480 e. The van der Waals surface area contributed by atoms with Crippen molar-refractivity contribution in [1.82, 2.24) is 10.2 Å². The fourth-order valence-corrected chi connectivity index (χ4v) is 2.07. The van der Waals surface area contributed by atoms with Crippen LogP contribution in [0.5, 0.6) is 0 Å². The zero-order valence-corrected chi connectivity index (χ0v) is 12.6. The van der Waals surface area contributed by atoms with E-state index in [-0.39, 0.29) is 13.0 Å². The van der Waals surface area contributed by atoms with Crippen LogP contribution in [0.3, 0.4) is 0 Å². The van der Waals surface area contributed by atoms with Gasteiger partial charge in [-0.15, -0.1) is 0 Å². The summed E-state index contributed by atoms with van der Waals surface area (Å²) in [5, 5.41) is 20.0. The molecule has 1 unspecified atom stereocenters. The van der Waals surface area contributed by atoms with Crippen LogP contribution in [0.25, 0.3) is 0 Å². The number of aliphatic hydroxyl groups is 1. The molecule has 6 nitrogen and oxygen atoms in total. The molecule has 0 aliphatic rings. The van der Waals surface area contributed by atoms with Crippen molar-refractivity contribution in [3.63, 3.8) is 0 Å². The number of halogens is 1. The topological polar surface area (TPSA) is 89.9 Å². The van der Waals surface area contributed by atoms with E-state index in [2.05, 4.69) is 21.2 Å². The summed E-state index contributed by atoms with van der Waals surface area (Å²) < 4.78 is 0.910. The van der Waals surface area contributed by atoms with E-state index in [0.29, 0.717) is 6.54 Å². The zero-order valence-electron chi connectivity index (χ0n) is 11.0. The molecule has 0 aliphatic carbocycles. The summed E-state index contributed by atoms with van der Waals surface area (Å²) in [6, 6.07) is 5.91. The van der Waals surface area contributed by atoms with Crippen LogP contribution in [0.2, 0.25) is 0 Å². The zero-order chi connectivity index (χ0) is 15.1. The van der Waals surface area contributed by atoms with Crippen LogP contribution in [0.15, 0.2) is 28.7 Å². The second kappa shape index (κ2) is 7.86. The lowest BCUT2D eigenvalue weighted by atomic mass is 10.2. The average molecular weight is 345 g/mol. The molecule has 1 rings (SSSR count). The van der Waals surface area contributed by atoms with Crippen LogP contribution >= 0.6 is 15.9 Å². The number of carbonyl (C=O) groups excluding carboxylic acids is 1. The number of rotatable bonds is 6. The Morgan fingerprint density at radius 3 is 2.70 bits per heavy atom. The minimum absolute atomic E-state index is 0.0220. The Hall–Kier alpha value is -1.60. The Labute approximate surface area is 125 Å². The van der Waals surface area contributed by atoms with Crippen molar-refractivity contribution in [3.8, 4) is 0 Å². The molecule has 110 valence electrons. The summed E-state index contributed by atoms with van der Waals surface area (Å²) >= 11 is 3.34. The molecule has 0 radical (unpaired) electrons. The smallest absolute Gasteiger partial charge is 0.326 e. The molecular formula is C13H17BrN2O4. The first-order valence-electron chi connectivity index (χ1n) is 6.03. The third-order valence-corrected chi connectivity index (χ3v) is 3.16. The number of hydrogen-bond donors (Lipinski definition) is 3. The van der Waals surface area contributed by atoms with Crippen molar-refractivity contribution < 1.29 is 19.8 Å². The normalized spacial score (nSPS) is 11.8. The van der Waals surface area contributed by atoms with Gasteiger partial charge in [0.25, 0.3) is 0 Å². The predicted octanol–water partition coefficient (Wildman–Crippen LogP) is 1.43. The van der Waals surface area contributed by atoms with E-state index in [4.69, 9.17) is 10.2 Å². The van der Waals surface area contributed by atoms with Crippen LogP contribution in [0.4, 0.5) is 4.79 Å². The first kappa shape index (κ1) is 16.5. The highest BCUT2D eigenvalue weighted by molar-refractivity contribution is 9.10. The van der Waals surface area contributed by atoms with Gasteiger partial charge in [0.05, 0.1) is 0 Å². The Morgan fingerprint density at radius 1 is 1.45 bits per heavy atom. The maximum Gasteiger partial charge on any atom is 0.326 e. The fourth-order valence-electron chi connectivity index (χ4n) is 1.63. The molecule has 1 atom stereocenters. The lowest BCUT2D eigenvalue weighted by Crippen LogP contribution is -2.46. The Morgan fingerprint density at radius 2 is 2.15 bits per heavy atom. The molecule has 0 bridgehead atoms. The third kappa shape index (κ3) is 5.18. The van der Waals surface area contributed by atoms with E-state index in [9.17, 15) is 9.59 Å². The highest BCUT2D eigenvalue weighted by Crippen LogP contribution is 2.13. The molecule has 0 fully saturated rings. The first-order chi connectivity index (χ1) is 9.43. The van der Waals surface area contributed by atoms with Crippen molar-refractivity contribution in [2.24, 2.45) is 0 Å². The molecule has 0 heterocycles. The SMILES string of the molecule is CN(Cc1cccc(Br)c1)C(=O)NC(CCO)C(=O)O. The van der Waals surface area contributed by atoms with Gasteiger partial charge in [-0.05, 0) is 17.7 Å². The summed E-state index contributed by atoms with van der Waals surface area (Å²) in [4.78, 5) is 24.2. The molecule has 7 heteroatoms. The first-order valence-corrected chi connectivity index (χ1v) is 6.83. The van der Waals surface area contributed by atoms with Crippen LogP contribution < -0.4 is 5.32 Å². The highest BCUT2D eigenvalue weighted by Gasteiger charge is 2.21.